The molecule has 1 unspecified atom stereocenters. The zero-order chi connectivity index (χ0) is 11.5. The number of rotatable bonds is 4. The Bertz CT molecular complexity index is 462. The summed E-state index contributed by atoms with van der Waals surface area (Å²) in [7, 11) is 1.70. The van der Waals surface area contributed by atoms with Crippen molar-refractivity contribution in [2.45, 2.75) is 26.0 Å². The molecule has 0 fully saturated rings. The maximum Gasteiger partial charge on any atom is 0.196 e. The van der Waals surface area contributed by atoms with Crippen molar-refractivity contribution in [2.75, 3.05) is 0 Å². The molecule has 0 saturated heterocycles. The summed E-state index contributed by atoms with van der Waals surface area (Å²) in [6.07, 6.45) is 1.73. The minimum absolute atomic E-state index is 0.400. The number of aryl methyl sites for hydroxylation is 1. The van der Waals surface area contributed by atoms with E-state index in [-0.39, 0.29) is 0 Å². The number of nitrogens with zero attached hydrogens (tertiary/aromatic N) is 7. The Morgan fingerprint density at radius 1 is 1.38 bits per heavy atom. The first-order valence-corrected chi connectivity index (χ1v) is 5.00. The summed E-state index contributed by atoms with van der Waals surface area (Å²) in [5.74, 6) is 0.560. The molecule has 1 atom stereocenters. The topological polar surface area (TPSA) is 94.5 Å². The highest BCUT2D eigenvalue weighted by Crippen LogP contribution is 2.11. The summed E-state index contributed by atoms with van der Waals surface area (Å²) in [5, 5.41) is 28.9. The van der Waals surface area contributed by atoms with E-state index in [1.165, 1.54) is 4.80 Å². The molecule has 0 aliphatic carbocycles. The zero-order valence-electron chi connectivity index (χ0n) is 9.15. The van der Waals surface area contributed by atoms with Crippen molar-refractivity contribution >= 4 is 0 Å². The summed E-state index contributed by atoms with van der Waals surface area (Å²) >= 11 is 0. The van der Waals surface area contributed by atoms with E-state index in [0.717, 1.165) is 0 Å². The van der Waals surface area contributed by atoms with Gasteiger partial charge in [-0.2, -0.15) is 4.80 Å². The fourth-order valence-electron chi connectivity index (χ4n) is 1.28. The van der Waals surface area contributed by atoms with Gasteiger partial charge in [0, 0.05) is 0 Å². The minimum Gasteiger partial charge on any atom is -0.387 e. The Balaban J connectivity index is 2.08. The molecule has 0 aliphatic heterocycles. The van der Waals surface area contributed by atoms with Gasteiger partial charge in [-0.05, 0) is 11.6 Å². The van der Waals surface area contributed by atoms with Crippen molar-refractivity contribution in [1.29, 1.82) is 0 Å². The van der Waals surface area contributed by atoms with Gasteiger partial charge >= 0.3 is 0 Å². The molecule has 0 spiro atoms. The monoisotopic (exact) mass is 223 g/mol. The van der Waals surface area contributed by atoms with Crippen LogP contribution in [-0.2, 0) is 13.6 Å². The van der Waals surface area contributed by atoms with Crippen molar-refractivity contribution in [1.82, 2.24) is 35.2 Å². The van der Waals surface area contributed by atoms with Gasteiger partial charge in [0.05, 0.1) is 19.3 Å². The summed E-state index contributed by atoms with van der Waals surface area (Å²) in [5.41, 5.74) is 0.561. The van der Waals surface area contributed by atoms with Gasteiger partial charge in [0.1, 0.15) is 12.2 Å². The third-order valence-electron chi connectivity index (χ3n) is 2.14. The Morgan fingerprint density at radius 3 is 2.81 bits per heavy atom. The number of aromatic nitrogens is 7. The molecule has 0 saturated carbocycles. The highest BCUT2D eigenvalue weighted by molar-refractivity contribution is 4.97. The van der Waals surface area contributed by atoms with E-state index in [1.807, 2.05) is 6.92 Å². The van der Waals surface area contributed by atoms with Gasteiger partial charge in [-0.15, -0.1) is 15.3 Å². The lowest BCUT2D eigenvalue weighted by atomic mass is 10.2. The van der Waals surface area contributed by atoms with Gasteiger partial charge in [-0.25, -0.2) is 4.68 Å². The van der Waals surface area contributed by atoms with Crippen molar-refractivity contribution in [2.24, 2.45) is 7.05 Å². The second-order valence-electron chi connectivity index (χ2n) is 3.46. The van der Waals surface area contributed by atoms with Crippen LogP contribution in [0.2, 0.25) is 0 Å². The molecular weight excluding hydrogens is 210 g/mol. The van der Waals surface area contributed by atoms with E-state index in [4.69, 9.17) is 0 Å². The second kappa shape index (κ2) is 4.35. The Kier molecular flexibility index (Phi) is 2.91. The molecule has 1 N–H and O–H groups in total. The van der Waals surface area contributed by atoms with Crippen LogP contribution < -0.4 is 0 Å². The lowest BCUT2D eigenvalue weighted by Gasteiger charge is -2.00. The summed E-state index contributed by atoms with van der Waals surface area (Å²) < 4.78 is 1.57. The molecule has 86 valence electrons. The molecule has 2 rings (SSSR count). The Hall–Kier alpha value is -1.83. The molecule has 0 aromatic carbocycles. The smallest absolute Gasteiger partial charge is 0.196 e. The first kappa shape index (κ1) is 10.7. The van der Waals surface area contributed by atoms with Crippen LogP contribution in [0.1, 0.15) is 31.0 Å². The fourth-order valence-corrected chi connectivity index (χ4v) is 1.28. The normalized spacial score (nSPS) is 12.9. The van der Waals surface area contributed by atoms with Crippen LogP contribution in [0.15, 0.2) is 6.20 Å². The van der Waals surface area contributed by atoms with Crippen LogP contribution >= 0.6 is 0 Å². The van der Waals surface area contributed by atoms with Crippen molar-refractivity contribution in [3.63, 3.8) is 0 Å². The lowest BCUT2D eigenvalue weighted by molar-refractivity contribution is 0.168. The number of aliphatic hydroxyl groups is 1. The first-order valence-electron chi connectivity index (χ1n) is 5.00. The van der Waals surface area contributed by atoms with Crippen molar-refractivity contribution < 1.29 is 5.11 Å². The van der Waals surface area contributed by atoms with Crippen LogP contribution in [0, 0.1) is 0 Å². The van der Waals surface area contributed by atoms with E-state index in [1.54, 1.807) is 17.9 Å². The molecule has 2 heterocycles. The molecule has 2 aromatic heterocycles. The van der Waals surface area contributed by atoms with Crippen LogP contribution in [0.3, 0.4) is 0 Å². The van der Waals surface area contributed by atoms with E-state index in [2.05, 4.69) is 25.7 Å². The number of tetrazole rings is 1. The lowest BCUT2D eigenvalue weighted by Crippen LogP contribution is -2.03. The quantitative estimate of drug-likeness (QED) is 0.736. The summed E-state index contributed by atoms with van der Waals surface area (Å²) in [6, 6.07) is 0. The van der Waals surface area contributed by atoms with E-state index >= 15 is 0 Å². The highest BCUT2D eigenvalue weighted by Gasteiger charge is 2.10. The molecule has 0 amide bonds. The molecule has 0 bridgehead atoms. The van der Waals surface area contributed by atoms with Crippen LogP contribution in [0.5, 0.6) is 0 Å². The maximum atomic E-state index is 9.55. The van der Waals surface area contributed by atoms with Gasteiger partial charge in [0.25, 0.3) is 0 Å². The van der Waals surface area contributed by atoms with Gasteiger partial charge in [0.2, 0.25) is 0 Å². The zero-order valence-corrected chi connectivity index (χ0v) is 9.15. The maximum absolute atomic E-state index is 9.55. The number of aliphatic hydroxyl groups excluding tert-OH is 1. The van der Waals surface area contributed by atoms with Crippen LogP contribution in [0.25, 0.3) is 0 Å². The largest absolute Gasteiger partial charge is 0.387 e. The van der Waals surface area contributed by atoms with E-state index < -0.39 is 6.10 Å². The number of hydrogen-bond donors (Lipinski definition) is 1. The fraction of sp³-hybridized carbons (Fsp3) is 0.625. The third kappa shape index (κ3) is 2.22. The van der Waals surface area contributed by atoms with Crippen molar-refractivity contribution in [3.8, 4) is 0 Å². The van der Waals surface area contributed by atoms with Crippen LogP contribution in [-0.4, -0.2) is 40.3 Å². The predicted molar refractivity (Wildman–Crippen MR) is 53.2 cm³/mol. The second-order valence-corrected chi connectivity index (χ2v) is 3.46. The summed E-state index contributed by atoms with van der Waals surface area (Å²) in [4.78, 5) is 1.38. The van der Waals surface area contributed by atoms with Gasteiger partial charge < -0.3 is 5.11 Å². The van der Waals surface area contributed by atoms with E-state index in [0.29, 0.717) is 24.5 Å². The number of hydrogen-bond acceptors (Lipinski definition) is 6. The Labute approximate surface area is 91.9 Å². The first-order chi connectivity index (χ1) is 7.69. The molecule has 8 heteroatoms. The average molecular weight is 223 g/mol. The highest BCUT2D eigenvalue weighted by atomic mass is 16.3. The standard InChI is InChI=1S/C8H13N7O/c1-3-7(16)6-4-15(13-9-6)5-8-10-12-14(2)11-8/h4,7,16H,3,5H2,1-2H3. The van der Waals surface area contributed by atoms with Gasteiger partial charge in [-0.3, -0.25) is 0 Å². The molecule has 8 nitrogen and oxygen atoms in total. The van der Waals surface area contributed by atoms with Gasteiger partial charge in [-0.1, -0.05) is 12.1 Å². The Morgan fingerprint density at radius 2 is 2.19 bits per heavy atom. The minimum atomic E-state index is -0.566. The predicted octanol–water partition coefficient (Wildman–Crippen LogP) is -0.707. The molecule has 16 heavy (non-hydrogen) atoms. The molecule has 0 aliphatic rings. The molecular formula is C8H13N7O. The third-order valence-corrected chi connectivity index (χ3v) is 2.14. The van der Waals surface area contributed by atoms with Crippen molar-refractivity contribution in [3.05, 3.63) is 17.7 Å². The molecule has 2 aromatic rings. The van der Waals surface area contributed by atoms with Crippen LogP contribution in [0.4, 0.5) is 0 Å². The SMILES string of the molecule is CCC(O)c1cn(Cc2nnn(C)n2)nn1. The molecule has 0 radical (unpaired) electrons. The van der Waals surface area contributed by atoms with E-state index in [9.17, 15) is 5.11 Å². The van der Waals surface area contributed by atoms with Gasteiger partial charge in [0.15, 0.2) is 5.82 Å². The summed E-state index contributed by atoms with van der Waals surface area (Å²) in [6.45, 7) is 2.28. The average Bonchev–Trinajstić information content (AvgIpc) is 2.87.